The standard InChI is InChI=1S/C9H21NO/c1-4-7-10-8-9(5-2)11-6-3/h9-10H,4-8H2,1-3H3. The molecule has 0 aromatic carbocycles. The van der Waals surface area contributed by atoms with E-state index < -0.39 is 0 Å². The van der Waals surface area contributed by atoms with E-state index in [9.17, 15) is 0 Å². The molecule has 0 amide bonds. The summed E-state index contributed by atoms with van der Waals surface area (Å²) in [7, 11) is 0. The van der Waals surface area contributed by atoms with Gasteiger partial charge in [-0.15, -0.1) is 0 Å². The van der Waals surface area contributed by atoms with Gasteiger partial charge in [0.2, 0.25) is 0 Å². The Morgan fingerprint density at radius 2 is 2.00 bits per heavy atom. The summed E-state index contributed by atoms with van der Waals surface area (Å²) in [4.78, 5) is 0. The fourth-order valence-electron chi connectivity index (χ4n) is 0.997. The number of hydrogen-bond donors (Lipinski definition) is 1. The van der Waals surface area contributed by atoms with Crippen LogP contribution in [0.1, 0.15) is 33.6 Å². The van der Waals surface area contributed by atoms with Crippen molar-refractivity contribution in [2.45, 2.75) is 39.7 Å². The van der Waals surface area contributed by atoms with Gasteiger partial charge < -0.3 is 10.1 Å². The third-order valence-corrected chi connectivity index (χ3v) is 1.66. The van der Waals surface area contributed by atoms with Gasteiger partial charge >= 0.3 is 0 Å². The molecule has 0 radical (unpaired) electrons. The van der Waals surface area contributed by atoms with Crippen LogP contribution in [-0.4, -0.2) is 25.8 Å². The van der Waals surface area contributed by atoms with Gasteiger partial charge in [0, 0.05) is 13.2 Å². The van der Waals surface area contributed by atoms with E-state index in [0.29, 0.717) is 6.10 Å². The molecule has 0 aromatic heterocycles. The maximum absolute atomic E-state index is 5.48. The third-order valence-electron chi connectivity index (χ3n) is 1.66. The van der Waals surface area contributed by atoms with Gasteiger partial charge in [0.15, 0.2) is 0 Å². The normalized spacial score (nSPS) is 13.4. The molecule has 0 saturated carbocycles. The maximum Gasteiger partial charge on any atom is 0.0696 e. The van der Waals surface area contributed by atoms with Crippen molar-refractivity contribution in [2.24, 2.45) is 0 Å². The Labute approximate surface area is 70.3 Å². The molecule has 68 valence electrons. The highest BCUT2D eigenvalue weighted by molar-refractivity contribution is 4.58. The minimum absolute atomic E-state index is 0.409. The van der Waals surface area contributed by atoms with Crippen molar-refractivity contribution in [1.82, 2.24) is 5.32 Å². The van der Waals surface area contributed by atoms with Gasteiger partial charge in [-0.05, 0) is 26.3 Å². The Morgan fingerprint density at radius 1 is 1.27 bits per heavy atom. The highest BCUT2D eigenvalue weighted by Gasteiger charge is 2.02. The molecular weight excluding hydrogens is 138 g/mol. The SMILES string of the molecule is CCCNCC(CC)OCC. The van der Waals surface area contributed by atoms with Crippen LogP contribution in [0.5, 0.6) is 0 Å². The molecule has 0 fully saturated rings. The first-order valence-corrected chi connectivity index (χ1v) is 4.67. The molecule has 0 aliphatic carbocycles. The second-order valence-electron chi connectivity index (χ2n) is 2.69. The number of rotatable bonds is 7. The highest BCUT2D eigenvalue weighted by atomic mass is 16.5. The van der Waals surface area contributed by atoms with Crippen LogP contribution in [0.25, 0.3) is 0 Å². The molecule has 1 atom stereocenters. The molecular formula is C9H21NO. The first-order chi connectivity index (χ1) is 5.35. The van der Waals surface area contributed by atoms with Crippen LogP contribution in [0.2, 0.25) is 0 Å². The molecule has 0 saturated heterocycles. The quantitative estimate of drug-likeness (QED) is 0.572. The van der Waals surface area contributed by atoms with Crippen molar-refractivity contribution >= 4 is 0 Å². The fourth-order valence-corrected chi connectivity index (χ4v) is 0.997. The van der Waals surface area contributed by atoms with Crippen LogP contribution in [0.4, 0.5) is 0 Å². The fraction of sp³-hybridized carbons (Fsp3) is 1.00. The van der Waals surface area contributed by atoms with Crippen LogP contribution in [0.3, 0.4) is 0 Å². The molecule has 0 aliphatic rings. The lowest BCUT2D eigenvalue weighted by molar-refractivity contribution is 0.0604. The van der Waals surface area contributed by atoms with Crippen molar-refractivity contribution < 1.29 is 4.74 Å². The van der Waals surface area contributed by atoms with E-state index in [1.807, 2.05) is 6.92 Å². The van der Waals surface area contributed by atoms with Gasteiger partial charge in [0.25, 0.3) is 0 Å². The average Bonchev–Trinajstić information content (AvgIpc) is 2.03. The van der Waals surface area contributed by atoms with Crippen molar-refractivity contribution in [3.8, 4) is 0 Å². The van der Waals surface area contributed by atoms with Gasteiger partial charge in [0.1, 0.15) is 0 Å². The molecule has 2 heteroatoms. The van der Waals surface area contributed by atoms with Gasteiger partial charge in [0.05, 0.1) is 6.10 Å². The predicted molar refractivity (Wildman–Crippen MR) is 48.9 cm³/mol. The second kappa shape index (κ2) is 8.02. The van der Waals surface area contributed by atoms with Crippen LogP contribution < -0.4 is 5.32 Å². The third kappa shape index (κ3) is 6.32. The largest absolute Gasteiger partial charge is 0.377 e. The van der Waals surface area contributed by atoms with E-state index in [4.69, 9.17) is 4.74 Å². The number of nitrogens with one attached hydrogen (secondary N) is 1. The lowest BCUT2D eigenvalue weighted by atomic mass is 10.3. The Morgan fingerprint density at radius 3 is 2.45 bits per heavy atom. The van der Waals surface area contributed by atoms with Gasteiger partial charge in [-0.1, -0.05) is 13.8 Å². The first kappa shape index (κ1) is 10.9. The molecule has 1 unspecified atom stereocenters. The summed E-state index contributed by atoms with van der Waals surface area (Å²) in [5.74, 6) is 0. The van der Waals surface area contributed by atoms with Crippen LogP contribution in [-0.2, 0) is 4.74 Å². The van der Waals surface area contributed by atoms with E-state index in [-0.39, 0.29) is 0 Å². The zero-order valence-corrected chi connectivity index (χ0v) is 8.02. The van der Waals surface area contributed by atoms with Crippen molar-refractivity contribution in [3.63, 3.8) is 0 Å². The van der Waals surface area contributed by atoms with Crippen LogP contribution in [0, 0.1) is 0 Å². The lowest BCUT2D eigenvalue weighted by Gasteiger charge is -2.14. The van der Waals surface area contributed by atoms with Crippen molar-refractivity contribution in [3.05, 3.63) is 0 Å². The summed E-state index contributed by atoms with van der Waals surface area (Å²) in [5.41, 5.74) is 0. The highest BCUT2D eigenvalue weighted by Crippen LogP contribution is 1.95. The summed E-state index contributed by atoms with van der Waals surface area (Å²) in [6, 6.07) is 0. The number of ether oxygens (including phenoxy) is 1. The monoisotopic (exact) mass is 159 g/mol. The van der Waals surface area contributed by atoms with Gasteiger partial charge in [-0.25, -0.2) is 0 Å². The second-order valence-corrected chi connectivity index (χ2v) is 2.69. The summed E-state index contributed by atoms with van der Waals surface area (Å²) < 4.78 is 5.48. The van der Waals surface area contributed by atoms with Gasteiger partial charge in [-0.3, -0.25) is 0 Å². The van der Waals surface area contributed by atoms with Crippen LogP contribution in [0.15, 0.2) is 0 Å². The molecule has 0 aliphatic heterocycles. The molecule has 0 bridgehead atoms. The van der Waals surface area contributed by atoms with E-state index in [1.165, 1.54) is 6.42 Å². The van der Waals surface area contributed by atoms with Crippen molar-refractivity contribution in [2.75, 3.05) is 19.7 Å². The van der Waals surface area contributed by atoms with Crippen LogP contribution >= 0.6 is 0 Å². The average molecular weight is 159 g/mol. The predicted octanol–water partition coefficient (Wildman–Crippen LogP) is 1.80. The lowest BCUT2D eigenvalue weighted by Crippen LogP contribution is -2.29. The molecule has 2 nitrogen and oxygen atoms in total. The Hall–Kier alpha value is -0.0800. The smallest absolute Gasteiger partial charge is 0.0696 e. The minimum atomic E-state index is 0.409. The maximum atomic E-state index is 5.48. The van der Waals surface area contributed by atoms with E-state index in [2.05, 4.69) is 19.2 Å². The summed E-state index contributed by atoms with van der Waals surface area (Å²) in [6.07, 6.45) is 2.71. The topological polar surface area (TPSA) is 21.3 Å². The Balaban J connectivity index is 3.20. The molecule has 0 heterocycles. The summed E-state index contributed by atoms with van der Waals surface area (Å²) in [6.45, 7) is 9.30. The van der Waals surface area contributed by atoms with Crippen molar-refractivity contribution in [1.29, 1.82) is 0 Å². The first-order valence-electron chi connectivity index (χ1n) is 4.67. The summed E-state index contributed by atoms with van der Waals surface area (Å²) >= 11 is 0. The van der Waals surface area contributed by atoms with E-state index in [0.717, 1.165) is 26.1 Å². The zero-order valence-electron chi connectivity index (χ0n) is 8.02. The molecule has 0 rings (SSSR count). The van der Waals surface area contributed by atoms with Gasteiger partial charge in [-0.2, -0.15) is 0 Å². The zero-order chi connectivity index (χ0) is 8.53. The Bertz CT molecular complexity index is 76.0. The number of hydrogen-bond acceptors (Lipinski definition) is 2. The summed E-state index contributed by atoms with van der Waals surface area (Å²) in [5, 5.41) is 3.35. The minimum Gasteiger partial charge on any atom is -0.377 e. The molecule has 0 aromatic rings. The molecule has 11 heavy (non-hydrogen) atoms. The van der Waals surface area contributed by atoms with E-state index in [1.54, 1.807) is 0 Å². The molecule has 1 N–H and O–H groups in total. The van der Waals surface area contributed by atoms with E-state index >= 15 is 0 Å². The molecule has 0 spiro atoms. The Kier molecular flexibility index (Phi) is 7.96.